The Balaban J connectivity index is 1.08. The van der Waals surface area contributed by atoms with Gasteiger partial charge in [-0.05, 0) is 105 Å². The summed E-state index contributed by atoms with van der Waals surface area (Å²) >= 11 is 0. The molecule has 3 heteroatoms. The zero-order valence-corrected chi connectivity index (χ0v) is 28.1. The zero-order chi connectivity index (χ0) is 33.9. The van der Waals surface area contributed by atoms with Crippen LogP contribution in [0.3, 0.4) is 0 Å². The minimum absolute atomic E-state index is 1.15. The van der Waals surface area contributed by atoms with Gasteiger partial charge in [-0.3, -0.25) is 4.98 Å². The maximum absolute atomic E-state index is 4.67. The van der Waals surface area contributed by atoms with Crippen LogP contribution in [0.5, 0.6) is 0 Å². The lowest BCUT2D eigenvalue weighted by atomic mass is 10.00. The highest BCUT2D eigenvalue weighted by Crippen LogP contribution is 2.48. The molecule has 1 aliphatic carbocycles. The predicted octanol–water partition coefficient (Wildman–Crippen LogP) is 12.9. The normalized spacial score (nSPS) is 12.2. The van der Waals surface area contributed by atoms with Crippen LogP contribution in [0.4, 0.5) is 0 Å². The van der Waals surface area contributed by atoms with Gasteiger partial charge in [0.15, 0.2) is 0 Å². The molecule has 0 aliphatic heterocycles. The van der Waals surface area contributed by atoms with Crippen molar-refractivity contribution in [2.75, 3.05) is 0 Å². The lowest BCUT2D eigenvalue weighted by Crippen LogP contribution is -1.95. The van der Waals surface area contributed by atoms with Crippen LogP contribution in [0.15, 0.2) is 176 Å². The molecule has 11 aromatic rings. The van der Waals surface area contributed by atoms with Crippen molar-refractivity contribution < 1.29 is 0 Å². The van der Waals surface area contributed by atoms with Gasteiger partial charge in [-0.1, -0.05) is 97.1 Å². The third-order valence-corrected chi connectivity index (χ3v) is 11.3. The number of hydrogen-bond acceptors (Lipinski definition) is 1. The first-order valence-corrected chi connectivity index (χ1v) is 17.9. The number of para-hydroxylation sites is 2. The molecule has 3 heterocycles. The maximum atomic E-state index is 4.67. The molecule has 3 aromatic heterocycles. The molecule has 0 unspecified atom stereocenters. The van der Waals surface area contributed by atoms with E-state index in [0.717, 1.165) is 5.69 Å². The maximum Gasteiger partial charge on any atom is 0.0547 e. The van der Waals surface area contributed by atoms with Crippen LogP contribution < -0.4 is 0 Å². The largest absolute Gasteiger partial charge is 0.309 e. The predicted molar refractivity (Wildman–Crippen MR) is 218 cm³/mol. The first kappa shape index (κ1) is 27.8. The molecule has 1 aliphatic rings. The number of fused-ring (bicyclic) bond motifs is 10. The van der Waals surface area contributed by atoms with Gasteiger partial charge in [0, 0.05) is 61.6 Å². The molecule has 0 fully saturated rings. The molecule has 0 atom stereocenters. The van der Waals surface area contributed by atoms with Crippen LogP contribution in [-0.2, 0) is 0 Å². The van der Waals surface area contributed by atoms with Crippen molar-refractivity contribution in [2.24, 2.45) is 0 Å². The van der Waals surface area contributed by atoms with E-state index < -0.39 is 0 Å². The van der Waals surface area contributed by atoms with Crippen LogP contribution in [0, 0.1) is 0 Å². The molecule has 0 saturated carbocycles. The molecule has 0 N–H and O–H groups in total. The zero-order valence-electron chi connectivity index (χ0n) is 28.1. The van der Waals surface area contributed by atoms with E-state index in [4.69, 9.17) is 0 Å². The Morgan fingerprint density at radius 2 is 0.923 bits per heavy atom. The minimum Gasteiger partial charge on any atom is -0.309 e. The van der Waals surface area contributed by atoms with E-state index in [9.17, 15) is 0 Å². The van der Waals surface area contributed by atoms with Gasteiger partial charge in [0.1, 0.15) is 0 Å². The van der Waals surface area contributed by atoms with E-state index in [2.05, 4.69) is 178 Å². The van der Waals surface area contributed by atoms with E-state index in [0.29, 0.717) is 0 Å². The molecule has 12 rings (SSSR count). The van der Waals surface area contributed by atoms with Crippen LogP contribution in [-0.4, -0.2) is 14.1 Å². The summed E-state index contributed by atoms with van der Waals surface area (Å²) in [6.07, 6.45) is 4.02. The number of pyridine rings is 1. The van der Waals surface area contributed by atoms with Gasteiger partial charge in [-0.2, -0.15) is 0 Å². The first-order chi connectivity index (χ1) is 25.8. The Bertz CT molecular complexity index is 3290. The van der Waals surface area contributed by atoms with Crippen molar-refractivity contribution in [2.45, 2.75) is 0 Å². The lowest BCUT2D eigenvalue weighted by Gasteiger charge is -2.12. The highest BCUT2D eigenvalue weighted by atomic mass is 15.0. The number of benzene rings is 8. The highest BCUT2D eigenvalue weighted by Gasteiger charge is 2.23. The van der Waals surface area contributed by atoms with E-state index in [1.807, 2.05) is 12.4 Å². The molecule has 240 valence electrons. The van der Waals surface area contributed by atoms with E-state index in [1.54, 1.807) is 0 Å². The smallest absolute Gasteiger partial charge is 0.0547 e. The molecule has 0 spiro atoms. The molecule has 0 amide bonds. The van der Waals surface area contributed by atoms with E-state index >= 15 is 0 Å². The quantitative estimate of drug-likeness (QED) is 0.185. The number of hydrogen-bond donors (Lipinski definition) is 0. The van der Waals surface area contributed by atoms with E-state index in [-0.39, 0.29) is 0 Å². The second-order valence-corrected chi connectivity index (χ2v) is 14.0. The average molecular weight is 660 g/mol. The monoisotopic (exact) mass is 659 g/mol. The molecular weight excluding hydrogens is 631 g/mol. The van der Waals surface area contributed by atoms with Crippen molar-refractivity contribution in [1.82, 2.24) is 14.1 Å². The second kappa shape index (κ2) is 10.3. The molecule has 0 radical (unpaired) electrons. The summed E-state index contributed by atoms with van der Waals surface area (Å²) in [5.74, 6) is 0. The summed E-state index contributed by atoms with van der Waals surface area (Å²) in [5, 5.41) is 9.97. The first-order valence-electron chi connectivity index (χ1n) is 17.9. The van der Waals surface area contributed by atoms with Crippen molar-refractivity contribution >= 4 is 65.2 Å². The summed E-state index contributed by atoms with van der Waals surface area (Å²) in [6.45, 7) is 0. The number of rotatable bonds is 3. The fourth-order valence-corrected chi connectivity index (χ4v) is 8.98. The van der Waals surface area contributed by atoms with Crippen molar-refractivity contribution in [1.29, 1.82) is 0 Å². The molecule has 8 aromatic carbocycles. The Kier molecular flexibility index (Phi) is 5.50. The molecule has 52 heavy (non-hydrogen) atoms. The van der Waals surface area contributed by atoms with Crippen molar-refractivity contribution in [3.63, 3.8) is 0 Å². The van der Waals surface area contributed by atoms with Crippen molar-refractivity contribution in [3.8, 4) is 44.8 Å². The fourth-order valence-electron chi connectivity index (χ4n) is 8.98. The Hall–Kier alpha value is -6.97. The van der Waals surface area contributed by atoms with Gasteiger partial charge in [0.2, 0.25) is 0 Å². The van der Waals surface area contributed by atoms with Gasteiger partial charge < -0.3 is 9.13 Å². The summed E-state index contributed by atoms with van der Waals surface area (Å²) in [4.78, 5) is 4.67. The Morgan fingerprint density at radius 1 is 0.327 bits per heavy atom. The lowest BCUT2D eigenvalue weighted by molar-refractivity contribution is 1.18. The van der Waals surface area contributed by atoms with Crippen LogP contribution in [0.2, 0.25) is 0 Å². The summed E-state index contributed by atoms with van der Waals surface area (Å²) < 4.78 is 4.84. The van der Waals surface area contributed by atoms with Gasteiger partial charge in [0.25, 0.3) is 0 Å². The van der Waals surface area contributed by atoms with Crippen LogP contribution >= 0.6 is 0 Å². The van der Waals surface area contributed by atoms with Crippen LogP contribution in [0.1, 0.15) is 0 Å². The third kappa shape index (κ3) is 3.77. The fraction of sp³-hybridized carbons (Fsp3) is 0. The summed E-state index contributed by atoms with van der Waals surface area (Å²) in [6, 6.07) is 60.2. The van der Waals surface area contributed by atoms with Gasteiger partial charge >= 0.3 is 0 Å². The van der Waals surface area contributed by atoms with Gasteiger partial charge in [-0.15, -0.1) is 0 Å². The SMILES string of the molecule is c1ccc(-n2c3ccc(-c4ccc5c(c4)c4ccccc4n5-c4cc5c6c(cncc6c4)-c4ccccc4-5)cc3c3cc4ccccc4cc32)cc1. The Labute approximate surface area is 299 Å². The second-order valence-electron chi connectivity index (χ2n) is 14.0. The number of nitrogens with zero attached hydrogens (tertiary/aromatic N) is 3. The molecular formula is C49H29N3. The summed E-state index contributed by atoms with van der Waals surface area (Å²) in [5.41, 5.74) is 14.6. The van der Waals surface area contributed by atoms with Crippen molar-refractivity contribution in [3.05, 3.63) is 176 Å². The molecule has 0 saturated heterocycles. The molecule has 3 nitrogen and oxygen atoms in total. The van der Waals surface area contributed by atoms with Gasteiger partial charge in [0.05, 0.1) is 22.1 Å². The number of aromatic nitrogens is 3. The topological polar surface area (TPSA) is 22.8 Å². The molecule has 0 bridgehead atoms. The van der Waals surface area contributed by atoms with Crippen LogP contribution in [0.25, 0.3) is 110 Å². The van der Waals surface area contributed by atoms with E-state index in [1.165, 1.54) is 104 Å². The minimum atomic E-state index is 1.15. The Morgan fingerprint density at radius 3 is 1.71 bits per heavy atom. The summed E-state index contributed by atoms with van der Waals surface area (Å²) in [7, 11) is 0. The highest BCUT2D eigenvalue weighted by molar-refractivity contribution is 6.17. The average Bonchev–Trinajstić information content (AvgIpc) is 3.83. The third-order valence-electron chi connectivity index (χ3n) is 11.3. The van der Waals surface area contributed by atoms with Gasteiger partial charge in [-0.25, -0.2) is 0 Å². The standard InChI is InChI=1S/C49H29N3/c1-2-12-35(13-3-1)51-47-21-19-33(25-41(47)42-23-30-10-4-5-11-31(30)26-48(42)51)32-18-20-46-40(24-32)39-16-8-9-17-45(39)52(46)36-22-34-28-50-29-44-38-15-7-6-14-37(38)43(27-36)49(34)44/h1-29H.